The van der Waals surface area contributed by atoms with Gasteiger partial charge in [0, 0.05) is 47.1 Å². The predicted molar refractivity (Wildman–Crippen MR) is 124 cm³/mol. The van der Waals surface area contributed by atoms with E-state index in [-0.39, 0.29) is 6.54 Å². The molecular formula is C22H30N8O3. The van der Waals surface area contributed by atoms with Crippen LogP contribution in [0.15, 0.2) is 39.5 Å². The normalized spacial score (nSPS) is 17.6. The number of hydrogen-bond donors (Lipinski definition) is 1. The second kappa shape index (κ2) is 9.57. The Hall–Kier alpha value is -3.47. The van der Waals surface area contributed by atoms with Gasteiger partial charge in [0.25, 0.3) is 0 Å². The van der Waals surface area contributed by atoms with Crippen LogP contribution in [-0.2, 0) is 17.8 Å². The van der Waals surface area contributed by atoms with E-state index in [9.17, 15) is 0 Å². The van der Waals surface area contributed by atoms with Gasteiger partial charge in [0.05, 0.1) is 19.8 Å². The van der Waals surface area contributed by atoms with Crippen LogP contribution in [0.4, 0.5) is 11.6 Å². The van der Waals surface area contributed by atoms with E-state index in [0.717, 1.165) is 30.2 Å². The average Bonchev–Trinajstić information content (AvgIpc) is 3.11. The fourth-order valence-corrected chi connectivity index (χ4v) is 3.39. The van der Waals surface area contributed by atoms with Crippen molar-refractivity contribution in [2.75, 3.05) is 45.3 Å². The maximum absolute atomic E-state index is 5.92. The number of anilines is 1. The molecule has 176 valence electrons. The fraction of sp³-hybridized carbons (Fsp3) is 0.500. The van der Waals surface area contributed by atoms with Gasteiger partial charge >= 0.3 is 0 Å². The first-order valence-corrected chi connectivity index (χ1v) is 10.9. The van der Waals surface area contributed by atoms with Gasteiger partial charge < -0.3 is 29.7 Å². The summed E-state index contributed by atoms with van der Waals surface area (Å²) in [6, 6.07) is 7.60. The molecule has 0 spiro atoms. The molecule has 2 aliphatic heterocycles. The third-order valence-electron chi connectivity index (χ3n) is 5.07. The summed E-state index contributed by atoms with van der Waals surface area (Å²) >= 11 is 0. The molecule has 0 atom stereocenters. The second-order valence-electron chi connectivity index (χ2n) is 8.45. The van der Waals surface area contributed by atoms with Gasteiger partial charge in [0.2, 0.25) is 5.79 Å². The van der Waals surface area contributed by atoms with Crippen molar-refractivity contribution < 1.29 is 14.2 Å². The number of benzene rings is 1. The van der Waals surface area contributed by atoms with Gasteiger partial charge in [-0.1, -0.05) is 6.07 Å². The predicted octanol–water partition coefficient (Wildman–Crippen LogP) is 2.48. The molecule has 0 radical (unpaired) electrons. The van der Waals surface area contributed by atoms with E-state index < -0.39 is 5.79 Å². The van der Waals surface area contributed by atoms with E-state index in [1.54, 1.807) is 4.90 Å². The van der Waals surface area contributed by atoms with Crippen LogP contribution in [0.1, 0.15) is 25.2 Å². The number of nitrogens with two attached hydrogens (primary N) is 1. The van der Waals surface area contributed by atoms with Gasteiger partial charge in [-0.25, -0.2) is 15.0 Å². The molecule has 0 bridgehead atoms. The number of aliphatic imine (C=N–C) groups is 1. The summed E-state index contributed by atoms with van der Waals surface area (Å²) in [7, 11) is 3.67. The van der Waals surface area contributed by atoms with Crippen LogP contribution in [0.5, 0.6) is 11.5 Å². The number of ether oxygens (including phenoxy) is 3. The highest BCUT2D eigenvalue weighted by molar-refractivity contribution is 5.77. The lowest BCUT2D eigenvalue weighted by Gasteiger charge is -2.27. The van der Waals surface area contributed by atoms with Crippen molar-refractivity contribution in [1.29, 1.82) is 0 Å². The van der Waals surface area contributed by atoms with E-state index >= 15 is 0 Å². The Morgan fingerprint density at radius 3 is 2.61 bits per heavy atom. The largest absolute Gasteiger partial charge is 0.449 e. The number of aromatic nitrogens is 2. The van der Waals surface area contributed by atoms with Crippen molar-refractivity contribution in [3.05, 3.63) is 35.7 Å². The van der Waals surface area contributed by atoms with Crippen molar-refractivity contribution >= 4 is 17.6 Å². The minimum atomic E-state index is -0.659. The molecule has 0 aliphatic carbocycles. The number of rotatable bonds is 6. The third-order valence-corrected chi connectivity index (χ3v) is 5.07. The highest BCUT2D eigenvalue weighted by Crippen LogP contribution is 2.39. The number of hydrogen-bond acceptors (Lipinski definition) is 9. The van der Waals surface area contributed by atoms with E-state index in [1.807, 2.05) is 52.2 Å². The third kappa shape index (κ3) is 5.86. The van der Waals surface area contributed by atoms with Crippen LogP contribution in [-0.4, -0.2) is 67.0 Å². The summed E-state index contributed by atoms with van der Waals surface area (Å²) < 4.78 is 17.0. The minimum absolute atomic E-state index is 0.253. The molecule has 0 amide bonds. The van der Waals surface area contributed by atoms with Crippen LogP contribution in [0.3, 0.4) is 0 Å². The summed E-state index contributed by atoms with van der Waals surface area (Å²) in [5, 5.41) is 8.71. The maximum atomic E-state index is 5.92. The molecule has 11 nitrogen and oxygen atoms in total. The summed E-state index contributed by atoms with van der Waals surface area (Å²) in [4.78, 5) is 17.4. The number of morpholine rings is 1. The lowest BCUT2D eigenvalue weighted by atomic mass is 10.2. The number of fused-ring (bicyclic) bond motifs is 1. The van der Waals surface area contributed by atoms with Crippen molar-refractivity contribution in [2.24, 2.45) is 21.0 Å². The van der Waals surface area contributed by atoms with Crippen LogP contribution in [0, 0.1) is 0 Å². The van der Waals surface area contributed by atoms with Gasteiger partial charge in [-0.15, -0.1) is 5.11 Å². The Bertz CT molecular complexity index is 1050. The standard InChI is InChI=1S/C22H30N8O3/c1-22(2)32-16-6-5-15(11-17(16)33-22)13-25-28-18-12-20(30-7-9-31-10-8-30)27-19(26-18)14-24-21(23)29(3)4/h5-6,11-12H,7-10,13-14H2,1-4H3,(H2,23,24). The molecule has 1 aromatic carbocycles. The highest BCUT2D eigenvalue weighted by atomic mass is 16.7. The van der Waals surface area contributed by atoms with Crippen LogP contribution >= 0.6 is 0 Å². The summed E-state index contributed by atoms with van der Waals surface area (Å²) in [5.74, 6) is 2.97. The monoisotopic (exact) mass is 454 g/mol. The average molecular weight is 455 g/mol. The molecule has 1 saturated heterocycles. The van der Waals surface area contributed by atoms with Crippen molar-refractivity contribution in [1.82, 2.24) is 14.9 Å². The molecule has 2 N–H and O–H groups in total. The molecule has 11 heteroatoms. The number of nitrogens with zero attached hydrogens (tertiary/aromatic N) is 7. The zero-order chi connectivity index (χ0) is 23.4. The topological polar surface area (TPSA) is 123 Å². The van der Waals surface area contributed by atoms with Crippen molar-refractivity contribution in [3.8, 4) is 11.5 Å². The molecule has 33 heavy (non-hydrogen) atoms. The van der Waals surface area contributed by atoms with Crippen molar-refractivity contribution in [2.45, 2.75) is 32.7 Å². The lowest BCUT2D eigenvalue weighted by molar-refractivity contribution is -0.0431. The van der Waals surface area contributed by atoms with Gasteiger partial charge in [0.1, 0.15) is 12.4 Å². The Labute approximate surface area is 193 Å². The molecule has 3 heterocycles. The SMILES string of the molecule is CN(C)C(N)=NCc1nc(N=NCc2ccc3c(c2)OC(C)(C)O3)cc(N2CCOCC2)n1. The molecule has 2 aromatic rings. The van der Waals surface area contributed by atoms with Crippen LogP contribution in [0.2, 0.25) is 0 Å². The van der Waals surface area contributed by atoms with Gasteiger partial charge in [-0.3, -0.25) is 0 Å². The molecule has 0 unspecified atom stereocenters. The van der Waals surface area contributed by atoms with E-state index in [4.69, 9.17) is 19.9 Å². The molecule has 4 rings (SSSR count). The first kappa shape index (κ1) is 22.7. The van der Waals surface area contributed by atoms with Crippen LogP contribution in [0.25, 0.3) is 0 Å². The smallest absolute Gasteiger partial charge is 0.246 e. The molecule has 2 aliphatic rings. The zero-order valence-electron chi connectivity index (χ0n) is 19.5. The van der Waals surface area contributed by atoms with Crippen molar-refractivity contribution in [3.63, 3.8) is 0 Å². The van der Waals surface area contributed by atoms with E-state index in [2.05, 4.69) is 30.1 Å². The molecule has 1 aromatic heterocycles. The molecule has 0 saturated carbocycles. The van der Waals surface area contributed by atoms with E-state index in [0.29, 0.717) is 43.1 Å². The Morgan fingerprint density at radius 1 is 1.09 bits per heavy atom. The first-order valence-electron chi connectivity index (χ1n) is 10.9. The molecular weight excluding hydrogens is 424 g/mol. The lowest BCUT2D eigenvalue weighted by Crippen LogP contribution is -2.37. The maximum Gasteiger partial charge on any atom is 0.246 e. The zero-order valence-corrected chi connectivity index (χ0v) is 19.5. The summed E-state index contributed by atoms with van der Waals surface area (Å²) in [6.45, 7) is 7.21. The second-order valence-corrected chi connectivity index (χ2v) is 8.45. The van der Waals surface area contributed by atoms with E-state index in [1.165, 1.54) is 0 Å². The quantitative estimate of drug-likeness (QED) is 0.401. The first-order chi connectivity index (χ1) is 15.8. The summed E-state index contributed by atoms with van der Waals surface area (Å²) in [5.41, 5.74) is 6.88. The minimum Gasteiger partial charge on any atom is -0.449 e. The Morgan fingerprint density at radius 2 is 1.85 bits per heavy atom. The summed E-state index contributed by atoms with van der Waals surface area (Å²) in [6.07, 6.45) is 0. The highest BCUT2D eigenvalue weighted by Gasteiger charge is 2.31. The number of azo groups is 1. The molecule has 1 fully saturated rings. The van der Waals surface area contributed by atoms with Gasteiger partial charge in [-0.05, 0) is 17.7 Å². The van der Waals surface area contributed by atoms with Crippen LogP contribution < -0.4 is 20.1 Å². The number of guanidine groups is 1. The van der Waals surface area contributed by atoms with Gasteiger partial charge in [0.15, 0.2) is 29.1 Å². The fourth-order valence-electron chi connectivity index (χ4n) is 3.39. The Balaban J connectivity index is 1.51. The Kier molecular flexibility index (Phi) is 6.59. The van der Waals surface area contributed by atoms with Gasteiger partial charge in [-0.2, -0.15) is 5.11 Å².